The van der Waals surface area contributed by atoms with Gasteiger partial charge in [-0.2, -0.15) is 0 Å². The SMILES string of the molecule is CC/C=C\C/C=C\C/C=C\C/C=C\C/C=C\C/C=C\CCC(=O)O[C@H](COC(=O)CCCCCCCCC/C=C\C/C=C\CCCCC)COP(=O)(O)O. The van der Waals surface area contributed by atoms with Crippen LogP contribution in [0.2, 0.25) is 0 Å². The van der Waals surface area contributed by atoms with Gasteiger partial charge in [-0.1, -0.05) is 156 Å². The van der Waals surface area contributed by atoms with Crippen molar-refractivity contribution in [1.82, 2.24) is 0 Å². The predicted molar refractivity (Wildman–Crippen MR) is 225 cm³/mol. The van der Waals surface area contributed by atoms with Gasteiger partial charge in [0.25, 0.3) is 0 Å². The zero-order chi connectivity index (χ0) is 39.6. The van der Waals surface area contributed by atoms with Gasteiger partial charge in [0.05, 0.1) is 6.61 Å². The summed E-state index contributed by atoms with van der Waals surface area (Å²) in [5, 5.41) is 0. The van der Waals surface area contributed by atoms with Crippen molar-refractivity contribution in [3.05, 3.63) is 97.2 Å². The van der Waals surface area contributed by atoms with Crippen LogP contribution in [0.3, 0.4) is 0 Å². The number of phosphoric ester groups is 1. The monoisotopic (exact) mass is 773 g/mol. The van der Waals surface area contributed by atoms with Crippen LogP contribution in [0.4, 0.5) is 0 Å². The van der Waals surface area contributed by atoms with Crippen molar-refractivity contribution in [1.29, 1.82) is 0 Å². The molecule has 0 aromatic heterocycles. The van der Waals surface area contributed by atoms with Crippen LogP contribution in [0, 0.1) is 0 Å². The molecule has 0 amide bonds. The molecule has 0 bridgehead atoms. The highest BCUT2D eigenvalue weighted by Gasteiger charge is 2.22. The highest BCUT2D eigenvalue weighted by Crippen LogP contribution is 2.36. The molecule has 0 aliphatic heterocycles. The van der Waals surface area contributed by atoms with E-state index in [1.807, 2.05) is 12.2 Å². The van der Waals surface area contributed by atoms with Crippen molar-refractivity contribution in [3.8, 4) is 0 Å². The fourth-order valence-corrected chi connectivity index (χ4v) is 5.43. The first-order valence-electron chi connectivity index (χ1n) is 20.5. The molecule has 306 valence electrons. The molecule has 0 spiro atoms. The first-order chi connectivity index (χ1) is 26.3. The van der Waals surface area contributed by atoms with E-state index in [0.717, 1.165) is 70.6 Å². The second kappa shape index (κ2) is 39.7. The van der Waals surface area contributed by atoms with Crippen LogP contribution >= 0.6 is 7.82 Å². The average Bonchev–Trinajstić information content (AvgIpc) is 3.14. The molecule has 0 fully saturated rings. The van der Waals surface area contributed by atoms with E-state index in [1.54, 1.807) is 0 Å². The maximum Gasteiger partial charge on any atom is 0.469 e. The first-order valence-corrected chi connectivity index (χ1v) is 22.1. The summed E-state index contributed by atoms with van der Waals surface area (Å²) in [6.07, 6.45) is 54.2. The van der Waals surface area contributed by atoms with Crippen LogP contribution in [-0.2, 0) is 28.2 Å². The van der Waals surface area contributed by atoms with Crippen LogP contribution in [0.5, 0.6) is 0 Å². The lowest BCUT2D eigenvalue weighted by Crippen LogP contribution is -2.29. The Balaban J connectivity index is 4.10. The van der Waals surface area contributed by atoms with Gasteiger partial charge in [-0.05, 0) is 83.5 Å². The molecule has 0 unspecified atom stereocenters. The van der Waals surface area contributed by atoms with Gasteiger partial charge in [-0.3, -0.25) is 14.1 Å². The molecule has 9 heteroatoms. The Morgan fingerprint density at radius 2 is 0.926 bits per heavy atom. The van der Waals surface area contributed by atoms with Crippen molar-refractivity contribution in [2.75, 3.05) is 13.2 Å². The smallest absolute Gasteiger partial charge is 0.462 e. The normalized spacial score (nSPS) is 13.5. The minimum Gasteiger partial charge on any atom is -0.462 e. The zero-order valence-corrected chi connectivity index (χ0v) is 34.5. The highest BCUT2D eigenvalue weighted by molar-refractivity contribution is 7.46. The van der Waals surface area contributed by atoms with Crippen molar-refractivity contribution in [3.63, 3.8) is 0 Å². The molecule has 0 radical (unpaired) electrons. The number of carbonyl (C=O) groups is 2. The molecule has 0 heterocycles. The fraction of sp³-hybridized carbons (Fsp3) is 0.600. The lowest BCUT2D eigenvalue weighted by atomic mass is 10.1. The summed E-state index contributed by atoms with van der Waals surface area (Å²) in [4.78, 5) is 42.8. The summed E-state index contributed by atoms with van der Waals surface area (Å²) in [6.45, 7) is 3.46. The van der Waals surface area contributed by atoms with E-state index in [1.165, 1.54) is 44.9 Å². The molecular formula is C45H73O8P. The molecule has 0 aromatic rings. The number of hydrogen-bond donors (Lipinski definition) is 2. The third-order valence-electron chi connectivity index (χ3n) is 8.10. The van der Waals surface area contributed by atoms with Crippen molar-refractivity contribution in [2.45, 2.75) is 161 Å². The summed E-state index contributed by atoms with van der Waals surface area (Å²) >= 11 is 0. The molecule has 0 aliphatic carbocycles. The quantitative estimate of drug-likeness (QED) is 0.0280. The number of rotatable bonds is 36. The number of unbranched alkanes of at least 4 members (excludes halogenated alkanes) is 10. The molecule has 0 saturated heterocycles. The number of ether oxygens (including phenoxy) is 2. The molecule has 0 saturated carbocycles. The molecule has 2 N–H and O–H groups in total. The maximum atomic E-state index is 12.4. The number of hydrogen-bond acceptors (Lipinski definition) is 6. The standard InChI is InChI=1S/C45H73O8P/c1-3-5-7-9-11-13-15-17-19-21-22-24-26-28-30-32-34-36-38-40-45(47)53-43(42-52-54(48,49)50)41-51-44(46)39-37-35-33-31-29-27-25-23-20-18-16-14-12-10-8-6-4-2/h5,7,11-14,17-20,22,24,28,30,34,36,43H,3-4,6,8-10,15-16,21,23,25-27,29,31-33,35,37-42H2,1-2H3,(H2,48,49,50)/b7-5-,13-11-,14-12-,19-17-,20-18-,24-22-,30-28-,36-34-/t43-/m1/s1. The third kappa shape index (κ3) is 41.7. The van der Waals surface area contributed by atoms with Gasteiger partial charge in [-0.25, -0.2) is 4.57 Å². The molecule has 8 nitrogen and oxygen atoms in total. The molecule has 0 aliphatic rings. The third-order valence-corrected chi connectivity index (χ3v) is 8.59. The number of phosphoric acid groups is 1. The van der Waals surface area contributed by atoms with Crippen LogP contribution in [0.15, 0.2) is 97.2 Å². The van der Waals surface area contributed by atoms with E-state index in [9.17, 15) is 14.2 Å². The Morgan fingerprint density at radius 3 is 1.41 bits per heavy atom. The Bertz CT molecular complexity index is 1190. The van der Waals surface area contributed by atoms with E-state index in [0.29, 0.717) is 12.8 Å². The average molecular weight is 773 g/mol. The van der Waals surface area contributed by atoms with E-state index >= 15 is 0 Å². The highest BCUT2D eigenvalue weighted by atomic mass is 31.2. The second-order valence-corrected chi connectivity index (χ2v) is 14.5. The Labute approximate surface area is 328 Å². The van der Waals surface area contributed by atoms with E-state index in [-0.39, 0.29) is 19.4 Å². The number of esters is 2. The lowest BCUT2D eigenvalue weighted by Gasteiger charge is -2.18. The largest absolute Gasteiger partial charge is 0.469 e. The van der Waals surface area contributed by atoms with Gasteiger partial charge in [0.2, 0.25) is 0 Å². The lowest BCUT2D eigenvalue weighted by molar-refractivity contribution is -0.161. The first kappa shape index (κ1) is 51.0. The Hall–Kier alpha value is -3.03. The van der Waals surface area contributed by atoms with Crippen LogP contribution in [-0.4, -0.2) is 41.0 Å². The fourth-order valence-electron chi connectivity index (χ4n) is 5.07. The van der Waals surface area contributed by atoms with E-state index in [2.05, 4.69) is 103 Å². The van der Waals surface area contributed by atoms with Crippen molar-refractivity contribution in [2.24, 2.45) is 0 Å². The molecule has 1 atom stereocenters. The molecule has 0 rings (SSSR count). The summed E-state index contributed by atoms with van der Waals surface area (Å²) in [5.74, 6) is -1.00. The van der Waals surface area contributed by atoms with Gasteiger partial charge >= 0.3 is 19.8 Å². The van der Waals surface area contributed by atoms with Crippen LogP contribution in [0.25, 0.3) is 0 Å². The van der Waals surface area contributed by atoms with Crippen LogP contribution < -0.4 is 0 Å². The summed E-state index contributed by atoms with van der Waals surface area (Å²) < 4.78 is 26.3. The topological polar surface area (TPSA) is 119 Å². The minimum atomic E-state index is -4.78. The van der Waals surface area contributed by atoms with E-state index < -0.39 is 32.5 Å². The van der Waals surface area contributed by atoms with Crippen LogP contribution in [0.1, 0.15) is 155 Å². The number of carbonyl (C=O) groups excluding carboxylic acids is 2. The van der Waals surface area contributed by atoms with Gasteiger partial charge in [0.15, 0.2) is 6.10 Å². The molecular weight excluding hydrogens is 699 g/mol. The summed E-state index contributed by atoms with van der Waals surface area (Å²) in [5.41, 5.74) is 0. The van der Waals surface area contributed by atoms with Gasteiger partial charge in [0, 0.05) is 12.8 Å². The van der Waals surface area contributed by atoms with Gasteiger partial charge < -0.3 is 19.3 Å². The zero-order valence-electron chi connectivity index (χ0n) is 33.6. The Kier molecular flexibility index (Phi) is 37.4. The summed E-state index contributed by atoms with van der Waals surface area (Å²) in [6, 6.07) is 0. The van der Waals surface area contributed by atoms with Crippen molar-refractivity contribution >= 4 is 19.8 Å². The van der Waals surface area contributed by atoms with E-state index in [4.69, 9.17) is 19.3 Å². The van der Waals surface area contributed by atoms with Gasteiger partial charge in [0.1, 0.15) is 6.61 Å². The second-order valence-electron chi connectivity index (χ2n) is 13.2. The maximum absolute atomic E-state index is 12.4. The minimum absolute atomic E-state index is 0.0794. The predicted octanol–water partition coefficient (Wildman–Crippen LogP) is 12.6. The molecule has 54 heavy (non-hydrogen) atoms. The summed E-state index contributed by atoms with van der Waals surface area (Å²) in [7, 11) is -4.78. The Morgan fingerprint density at radius 1 is 0.500 bits per heavy atom. The van der Waals surface area contributed by atoms with Crippen molar-refractivity contribution < 1.29 is 37.9 Å². The molecule has 0 aromatic carbocycles. The van der Waals surface area contributed by atoms with Gasteiger partial charge in [-0.15, -0.1) is 0 Å². The number of allylic oxidation sites excluding steroid dienone is 16.